The molecular weight excluding hydrogens is 473 g/mol. The molecule has 8 heteroatoms. The average molecular weight is 510 g/mol. The molecule has 2 fully saturated rings. The molecule has 1 saturated carbocycles. The molecule has 0 aromatic heterocycles. The highest BCUT2D eigenvalue weighted by atomic mass is 19.1. The maximum atomic E-state index is 14.1. The predicted octanol–water partition coefficient (Wildman–Crippen LogP) is 5.39. The zero-order valence-electron chi connectivity index (χ0n) is 22.0. The van der Waals surface area contributed by atoms with Crippen LogP contribution in [0.5, 0.6) is 11.5 Å². The lowest BCUT2D eigenvalue weighted by Gasteiger charge is -2.43. The Hall–Kier alpha value is -3.31. The zero-order valence-corrected chi connectivity index (χ0v) is 22.0. The second kappa shape index (κ2) is 11.4. The summed E-state index contributed by atoms with van der Waals surface area (Å²) in [6.45, 7) is 7.76. The van der Waals surface area contributed by atoms with Crippen molar-refractivity contribution in [3.05, 3.63) is 59.4 Å². The van der Waals surface area contributed by atoms with E-state index in [-0.39, 0.29) is 23.8 Å². The van der Waals surface area contributed by atoms with Crippen LogP contribution in [0.25, 0.3) is 0 Å². The van der Waals surface area contributed by atoms with Gasteiger partial charge in [-0.2, -0.15) is 5.26 Å². The predicted molar refractivity (Wildman–Crippen MR) is 138 cm³/mol. The van der Waals surface area contributed by atoms with Gasteiger partial charge in [0.2, 0.25) is 0 Å². The Balaban J connectivity index is 1.57. The Morgan fingerprint density at radius 1 is 1.14 bits per heavy atom. The Morgan fingerprint density at radius 3 is 2.49 bits per heavy atom. The standard InChI is InChI=1S/C29H36FN3O4/c1-29(2,3)33(22-6-5-13-32-18-22)28(34)37-27-16-21(20-9-12-24(30)25(14-20)35-4)15-26(27)36-23-10-7-19(17-31)8-11-23/h7-12,14,21-22,26-27,32H,5-6,13,15-16,18H2,1-4H3. The van der Waals surface area contributed by atoms with Gasteiger partial charge in [-0.1, -0.05) is 6.07 Å². The van der Waals surface area contributed by atoms with Gasteiger partial charge in [0.25, 0.3) is 0 Å². The van der Waals surface area contributed by atoms with Crippen LogP contribution < -0.4 is 14.8 Å². The number of ether oxygens (including phenoxy) is 3. The van der Waals surface area contributed by atoms with Crippen molar-refractivity contribution in [3.8, 4) is 17.6 Å². The SMILES string of the molecule is COc1cc(C2CC(OC(=O)N(C3CCCNC3)C(C)(C)C)C(Oc3ccc(C#N)cc3)C2)ccc1F. The Kier molecular flexibility index (Phi) is 8.23. The highest BCUT2D eigenvalue weighted by Crippen LogP contribution is 2.40. The molecule has 1 heterocycles. The number of amides is 1. The van der Waals surface area contributed by atoms with E-state index in [4.69, 9.17) is 19.5 Å². The maximum Gasteiger partial charge on any atom is 0.410 e. The van der Waals surface area contributed by atoms with E-state index in [9.17, 15) is 9.18 Å². The summed E-state index contributed by atoms with van der Waals surface area (Å²) in [4.78, 5) is 15.5. The third kappa shape index (κ3) is 6.34. The van der Waals surface area contributed by atoms with Gasteiger partial charge < -0.3 is 19.5 Å². The lowest BCUT2D eigenvalue weighted by atomic mass is 9.97. The Bertz CT molecular complexity index is 1120. The van der Waals surface area contributed by atoms with Gasteiger partial charge in [0, 0.05) is 18.1 Å². The van der Waals surface area contributed by atoms with Gasteiger partial charge in [-0.05, 0) is 101 Å². The zero-order chi connectivity index (χ0) is 26.6. The van der Waals surface area contributed by atoms with Gasteiger partial charge in [0.05, 0.1) is 18.7 Å². The molecule has 4 unspecified atom stereocenters. The number of rotatable bonds is 6. The number of carbonyl (C=O) groups excluding carboxylic acids is 1. The molecular formula is C29H36FN3O4. The topological polar surface area (TPSA) is 83.8 Å². The number of nitrogens with zero attached hydrogens (tertiary/aromatic N) is 2. The summed E-state index contributed by atoms with van der Waals surface area (Å²) in [5, 5.41) is 12.5. The van der Waals surface area contributed by atoms with Crippen LogP contribution >= 0.6 is 0 Å². The van der Waals surface area contributed by atoms with E-state index >= 15 is 0 Å². The lowest BCUT2D eigenvalue weighted by molar-refractivity contribution is -0.0131. The highest BCUT2D eigenvalue weighted by molar-refractivity contribution is 5.69. The first-order chi connectivity index (χ1) is 17.7. The average Bonchev–Trinajstić information content (AvgIpc) is 3.26. The molecule has 1 aliphatic carbocycles. The number of carbonyl (C=O) groups is 1. The fraction of sp³-hybridized carbons (Fsp3) is 0.517. The summed E-state index contributed by atoms with van der Waals surface area (Å²) in [5.41, 5.74) is 1.04. The summed E-state index contributed by atoms with van der Waals surface area (Å²) in [7, 11) is 1.44. The van der Waals surface area contributed by atoms with Crippen molar-refractivity contribution in [2.24, 2.45) is 0 Å². The molecule has 4 atom stereocenters. The van der Waals surface area contributed by atoms with Crippen LogP contribution in [0.1, 0.15) is 63.5 Å². The summed E-state index contributed by atoms with van der Waals surface area (Å²) in [5.74, 6) is 0.368. The van der Waals surface area contributed by atoms with E-state index in [1.807, 2.05) is 25.7 Å². The van der Waals surface area contributed by atoms with Crippen molar-refractivity contribution in [1.29, 1.82) is 5.26 Å². The van der Waals surface area contributed by atoms with Crippen molar-refractivity contribution >= 4 is 6.09 Å². The van der Waals surface area contributed by atoms with Crippen LogP contribution in [0.2, 0.25) is 0 Å². The van der Waals surface area contributed by atoms with E-state index in [1.165, 1.54) is 13.2 Å². The van der Waals surface area contributed by atoms with Crippen LogP contribution in [-0.4, -0.2) is 55.0 Å². The largest absolute Gasteiger partial charge is 0.494 e. The maximum absolute atomic E-state index is 14.1. The van der Waals surface area contributed by atoms with Crippen LogP contribution in [0, 0.1) is 17.1 Å². The number of hydrogen-bond donors (Lipinski definition) is 1. The monoisotopic (exact) mass is 509 g/mol. The number of hydrogen-bond acceptors (Lipinski definition) is 6. The molecule has 1 N–H and O–H groups in total. The number of halogens is 1. The van der Waals surface area contributed by atoms with E-state index < -0.39 is 23.6 Å². The van der Waals surface area contributed by atoms with Crippen molar-refractivity contribution in [2.45, 2.75) is 76.2 Å². The summed E-state index contributed by atoms with van der Waals surface area (Å²) < 4.78 is 31.7. The Labute approximate surface area is 218 Å². The third-order valence-electron chi connectivity index (χ3n) is 7.17. The second-order valence-corrected chi connectivity index (χ2v) is 10.8. The van der Waals surface area contributed by atoms with E-state index in [1.54, 1.807) is 36.4 Å². The van der Waals surface area contributed by atoms with E-state index in [0.29, 0.717) is 24.2 Å². The van der Waals surface area contributed by atoms with E-state index in [2.05, 4.69) is 11.4 Å². The molecule has 0 radical (unpaired) electrons. The van der Waals surface area contributed by atoms with Gasteiger partial charge in [-0.15, -0.1) is 0 Å². The van der Waals surface area contributed by atoms with Crippen molar-refractivity contribution in [2.75, 3.05) is 20.2 Å². The van der Waals surface area contributed by atoms with Gasteiger partial charge >= 0.3 is 6.09 Å². The van der Waals surface area contributed by atoms with Crippen LogP contribution in [-0.2, 0) is 4.74 Å². The molecule has 1 saturated heterocycles. The molecule has 2 aromatic carbocycles. The molecule has 37 heavy (non-hydrogen) atoms. The van der Waals surface area contributed by atoms with E-state index in [0.717, 1.165) is 31.5 Å². The minimum absolute atomic E-state index is 0.00452. The smallest absolute Gasteiger partial charge is 0.410 e. The molecule has 4 rings (SSSR count). The number of nitriles is 1. The first-order valence-corrected chi connectivity index (χ1v) is 12.9. The molecule has 7 nitrogen and oxygen atoms in total. The number of benzene rings is 2. The van der Waals surface area contributed by atoms with Crippen LogP contribution in [0.3, 0.4) is 0 Å². The van der Waals surface area contributed by atoms with Crippen LogP contribution in [0.4, 0.5) is 9.18 Å². The molecule has 198 valence electrons. The van der Waals surface area contributed by atoms with Crippen LogP contribution in [0.15, 0.2) is 42.5 Å². The second-order valence-electron chi connectivity index (χ2n) is 10.8. The fourth-order valence-electron chi connectivity index (χ4n) is 5.40. The fourth-order valence-corrected chi connectivity index (χ4v) is 5.40. The Morgan fingerprint density at radius 2 is 1.86 bits per heavy atom. The van der Waals surface area contributed by atoms with Gasteiger partial charge in [-0.3, -0.25) is 4.90 Å². The molecule has 0 spiro atoms. The van der Waals surface area contributed by atoms with Crippen molar-refractivity contribution in [1.82, 2.24) is 10.2 Å². The normalized spacial score (nSPS) is 23.7. The van der Waals surface area contributed by atoms with Gasteiger partial charge in [0.1, 0.15) is 18.0 Å². The third-order valence-corrected chi connectivity index (χ3v) is 7.17. The first-order valence-electron chi connectivity index (χ1n) is 12.9. The van der Waals surface area contributed by atoms with Crippen molar-refractivity contribution < 1.29 is 23.4 Å². The number of piperidine rings is 1. The molecule has 0 bridgehead atoms. The summed E-state index contributed by atoms with van der Waals surface area (Å²) in [6.07, 6.45) is 1.82. The first kappa shape index (κ1) is 26.7. The molecule has 2 aliphatic rings. The number of methoxy groups -OCH3 is 1. The summed E-state index contributed by atoms with van der Waals surface area (Å²) in [6, 6.07) is 13.9. The number of nitrogens with one attached hydrogen (secondary N) is 1. The quantitative estimate of drug-likeness (QED) is 0.562. The van der Waals surface area contributed by atoms with Gasteiger partial charge in [0.15, 0.2) is 11.6 Å². The molecule has 1 amide bonds. The van der Waals surface area contributed by atoms with Crippen molar-refractivity contribution in [3.63, 3.8) is 0 Å². The van der Waals surface area contributed by atoms with Gasteiger partial charge in [-0.25, -0.2) is 9.18 Å². The minimum atomic E-state index is -0.495. The molecule has 1 aliphatic heterocycles. The minimum Gasteiger partial charge on any atom is -0.494 e. The summed E-state index contributed by atoms with van der Waals surface area (Å²) >= 11 is 0. The lowest BCUT2D eigenvalue weighted by Crippen LogP contribution is -2.57. The molecule has 2 aromatic rings. The highest BCUT2D eigenvalue weighted by Gasteiger charge is 2.43.